The van der Waals surface area contributed by atoms with E-state index in [1.807, 2.05) is 13.0 Å². The number of fused-ring (bicyclic) bond motifs is 3. The second-order valence-corrected chi connectivity index (χ2v) is 5.70. The van der Waals surface area contributed by atoms with E-state index < -0.39 is 0 Å². The summed E-state index contributed by atoms with van der Waals surface area (Å²) < 4.78 is 13.2. The summed E-state index contributed by atoms with van der Waals surface area (Å²) in [5, 5.41) is 3.63. The lowest BCUT2D eigenvalue weighted by Crippen LogP contribution is -2.55. The minimum atomic E-state index is -0.133. The van der Waals surface area contributed by atoms with E-state index in [4.69, 9.17) is 0 Å². The molecule has 0 spiro atoms. The van der Waals surface area contributed by atoms with E-state index in [9.17, 15) is 4.39 Å². The van der Waals surface area contributed by atoms with Gasteiger partial charge in [-0.25, -0.2) is 4.39 Å². The predicted octanol–water partition coefficient (Wildman–Crippen LogP) is 2.32. The van der Waals surface area contributed by atoms with Crippen molar-refractivity contribution in [1.29, 1.82) is 0 Å². The molecule has 1 atom stereocenters. The molecule has 0 aliphatic carbocycles. The molecule has 0 aromatic heterocycles. The number of halogens is 1. The number of nitrogens with zero attached hydrogens (tertiary/aromatic N) is 1. The van der Waals surface area contributed by atoms with Gasteiger partial charge in [-0.05, 0) is 62.0 Å². The summed E-state index contributed by atoms with van der Waals surface area (Å²) in [5.41, 5.74) is 2.26. The van der Waals surface area contributed by atoms with Crippen LogP contribution in [0.5, 0.6) is 0 Å². The van der Waals surface area contributed by atoms with Crippen molar-refractivity contribution in [2.75, 3.05) is 19.6 Å². The molecule has 0 saturated carbocycles. The van der Waals surface area contributed by atoms with E-state index in [1.54, 1.807) is 6.07 Å². The molecule has 1 unspecified atom stereocenters. The Morgan fingerprint density at radius 3 is 2.78 bits per heavy atom. The highest BCUT2D eigenvalue weighted by molar-refractivity contribution is 5.26. The molecule has 3 aliphatic heterocycles. The van der Waals surface area contributed by atoms with Crippen LogP contribution >= 0.6 is 0 Å². The Morgan fingerprint density at radius 2 is 2.11 bits per heavy atom. The van der Waals surface area contributed by atoms with Crippen LogP contribution in [0.4, 0.5) is 4.39 Å². The maximum atomic E-state index is 13.2. The van der Waals surface area contributed by atoms with Crippen molar-refractivity contribution < 1.29 is 4.39 Å². The first-order valence-electron chi connectivity index (χ1n) is 6.93. The average Bonchev–Trinajstić information content (AvgIpc) is 2.41. The lowest BCUT2D eigenvalue weighted by Gasteiger charge is -2.45. The van der Waals surface area contributed by atoms with Gasteiger partial charge in [-0.3, -0.25) is 0 Å². The largest absolute Gasteiger partial charge is 0.308 e. The second-order valence-electron chi connectivity index (χ2n) is 5.70. The third kappa shape index (κ3) is 2.43. The zero-order chi connectivity index (χ0) is 12.5. The minimum absolute atomic E-state index is 0.133. The molecule has 0 amide bonds. The van der Waals surface area contributed by atoms with Crippen LogP contribution in [-0.2, 0) is 6.54 Å². The highest BCUT2D eigenvalue weighted by Gasteiger charge is 2.33. The van der Waals surface area contributed by atoms with E-state index in [-0.39, 0.29) is 5.82 Å². The molecule has 1 aromatic rings. The van der Waals surface area contributed by atoms with Crippen molar-refractivity contribution in [2.45, 2.75) is 32.4 Å². The zero-order valence-electron chi connectivity index (χ0n) is 11.0. The van der Waals surface area contributed by atoms with Crippen molar-refractivity contribution in [1.82, 2.24) is 10.2 Å². The lowest BCUT2D eigenvalue weighted by molar-refractivity contribution is 0.0720. The van der Waals surface area contributed by atoms with Crippen LogP contribution in [0.15, 0.2) is 18.2 Å². The molecule has 2 bridgehead atoms. The Kier molecular flexibility index (Phi) is 3.35. The second kappa shape index (κ2) is 4.98. The first-order valence-corrected chi connectivity index (χ1v) is 6.93. The smallest absolute Gasteiger partial charge is 0.123 e. The van der Waals surface area contributed by atoms with Crippen LogP contribution in [0.1, 0.15) is 24.0 Å². The van der Waals surface area contributed by atoms with E-state index in [0.29, 0.717) is 6.04 Å². The van der Waals surface area contributed by atoms with Gasteiger partial charge >= 0.3 is 0 Å². The van der Waals surface area contributed by atoms with Crippen LogP contribution in [-0.4, -0.2) is 30.6 Å². The molecule has 18 heavy (non-hydrogen) atoms. The summed E-state index contributed by atoms with van der Waals surface area (Å²) in [6.45, 7) is 6.54. The summed E-state index contributed by atoms with van der Waals surface area (Å²) in [5.74, 6) is 0.690. The Morgan fingerprint density at radius 1 is 1.33 bits per heavy atom. The number of piperidine rings is 3. The Balaban J connectivity index is 1.62. The van der Waals surface area contributed by atoms with E-state index >= 15 is 0 Å². The molecule has 3 saturated heterocycles. The van der Waals surface area contributed by atoms with Crippen LogP contribution in [0, 0.1) is 18.7 Å². The van der Waals surface area contributed by atoms with Crippen molar-refractivity contribution >= 4 is 0 Å². The van der Waals surface area contributed by atoms with Gasteiger partial charge in [0.2, 0.25) is 0 Å². The highest BCUT2D eigenvalue weighted by Crippen LogP contribution is 2.27. The Bertz CT molecular complexity index is 425. The fourth-order valence-corrected chi connectivity index (χ4v) is 3.27. The number of hydrogen-bond donors (Lipinski definition) is 1. The Labute approximate surface area is 108 Å². The van der Waals surface area contributed by atoms with Gasteiger partial charge in [-0.1, -0.05) is 6.07 Å². The highest BCUT2D eigenvalue weighted by atomic mass is 19.1. The maximum Gasteiger partial charge on any atom is 0.123 e. The first-order chi connectivity index (χ1) is 8.72. The normalized spacial score (nSPS) is 30.7. The molecule has 0 radical (unpaired) electrons. The number of benzene rings is 1. The van der Waals surface area contributed by atoms with E-state index in [1.165, 1.54) is 44.1 Å². The summed E-state index contributed by atoms with van der Waals surface area (Å²) in [6.07, 6.45) is 2.64. The van der Waals surface area contributed by atoms with Crippen molar-refractivity contribution in [3.05, 3.63) is 35.1 Å². The predicted molar refractivity (Wildman–Crippen MR) is 70.9 cm³/mol. The van der Waals surface area contributed by atoms with Gasteiger partial charge in [0.05, 0.1) is 0 Å². The zero-order valence-corrected chi connectivity index (χ0v) is 11.0. The molecule has 2 nitrogen and oxygen atoms in total. The fourth-order valence-electron chi connectivity index (χ4n) is 3.27. The number of rotatable bonds is 3. The van der Waals surface area contributed by atoms with Gasteiger partial charge in [0.25, 0.3) is 0 Å². The lowest BCUT2D eigenvalue weighted by atomic mass is 9.84. The van der Waals surface area contributed by atoms with Gasteiger partial charge in [0.15, 0.2) is 0 Å². The van der Waals surface area contributed by atoms with E-state index in [2.05, 4.69) is 10.2 Å². The summed E-state index contributed by atoms with van der Waals surface area (Å²) in [6, 6.07) is 5.65. The van der Waals surface area contributed by atoms with Crippen LogP contribution in [0.2, 0.25) is 0 Å². The van der Waals surface area contributed by atoms with Crippen LogP contribution in [0.3, 0.4) is 0 Å². The van der Waals surface area contributed by atoms with Crippen LogP contribution in [0.25, 0.3) is 0 Å². The molecule has 3 heterocycles. The average molecular weight is 248 g/mol. The van der Waals surface area contributed by atoms with Crippen molar-refractivity contribution in [3.8, 4) is 0 Å². The molecule has 1 aromatic carbocycles. The summed E-state index contributed by atoms with van der Waals surface area (Å²) >= 11 is 0. The SMILES string of the molecule is Cc1ccc(F)cc1CNC1CN2CCC1CC2. The molecule has 1 N–H and O–H groups in total. The summed E-state index contributed by atoms with van der Waals surface area (Å²) in [4.78, 5) is 2.54. The third-order valence-corrected chi connectivity index (χ3v) is 4.52. The van der Waals surface area contributed by atoms with Gasteiger partial charge in [-0.15, -0.1) is 0 Å². The topological polar surface area (TPSA) is 15.3 Å². The van der Waals surface area contributed by atoms with Gasteiger partial charge in [-0.2, -0.15) is 0 Å². The number of hydrogen-bond acceptors (Lipinski definition) is 2. The number of nitrogens with one attached hydrogen (secondary N) is 1. The van der Waals surface area contributed by atoms with Gasteiger partial charge in [0.1, 0.15) is 5.82 Å². The first kappa shape index (κ1) is 12.1. The molecule has 98 valence electrons. The standard InChI is InChI=1S/C15H21FN2/c1-11-2-3-14(16)8-13(11)9-17-15-10-18-6-4-12(15)5-7-18/h2-3,8,12,15,17H,4-7,9-10H2,1H3. The minimum Gasteiger partial charge on any atom is -0.308 e. The molecular formula is C15H21FN2. The quantitative estimate of drug-likeness (QED) is 0.883. The molecule has 4 rings (SSSR count). The van der Waals surface area contributed by atoms with Crippen molar-refractivity contribution in [3.63, 3.8) is 0 Å². The number of aryl methyl sites for hydroxylation is 1. The Hall–Kier alpha value is -0.930. The van der Waals surface area contributed by atoms with Crippen molar-refractivity contribution in [2.24, 2.45) is 5.92 Å². The maximum absolute atomic E-state index is 13.2. The molecule has 3 heteroatoms. The summed E-state index contributed by atoms with van der Waals surface area (Å²) in [7, 11) is 0. The monoisotopic (exact) mass is 248 g/mol. The molecule has 3 fully saturated rings. The molecular weight excluding hydrogens is 227 g/mol. The van der Waals surface area contributed by atoms with E-state index in [0.717, 1.165) is 18.0 Å². The van der Waals surface area contributed by atoms with Crippen LogP contribution < -0.4 is 5.32 Å². The van der Waals surface area contributed by atoms with Gasteiger partial charge in [0, 0.05) is 19.1 Å². The molecule has 3 aliphatic rings. The third-order valence-electron chi connectivity index (χ3n) is 4.52. The fraction of sp³-hybridized carbons (Fsp3) is 0.600. The van der Waals surface area contributed by atoms with Gasteiger partial charge < -0.3 is 10.2 Å².